The summed E-state index contributed by atoms with van der Waals surface area (Å²) in [5.41, 5.74) is 0. The van der Waals surface area contributed by atoms with E-state index in [1.54, 1.807) is 0 Å². The lowest BCUT2D eigenvalue weighted by Crippen LogP contribution is -2.55. The van der Waals surface area contributed by atoms with E-state index in [9.17, 15) is 0 Å². The van der Waals surface area contributed by atoms with Crippen LogP contribution in [0.5, 0.6) is 0 Å². The van der Waals surface area contributed by atoms with Crippen molar-refractivity contribution in [1.29, 1.82) is 0 Å². The standard InChI is InChI=1S/C10H22N2/c1-8(2)6-12-7-9(3)11-5-10(12)4/h8-11H,5-7H2,1-4H3. The zero-order chi connectivity index (χ0) is 9.14. The summed E-state index contributed by atoms with van der Waals surface area (Å²) >= 11 is 0. The first kappa shape index (κ1) is 10.0. The second-order valence-corrected chi connectivity index (χ2v) is 4.51. The monoisotopic (exact) mass is 170 g/mol. The van der Waals surface area contributed by atoms with Crippen molar-refractivity contribution < 1.29 is 0 Å². The Balaban J connectivity index is 2.38. The molecule has 1 N–H and O–H groups in total. The van der Waals surface area contributed by atoms with Crippen LogP contribution >= 0.6 is 0 Å². The first-order chi connectivity index (χ1) is 5.59. The van der Waals surface area contributed by atoms with Gasteiger partial charge in [-0.25, -0.2) is 0 Å². The third-order valence-corrected chi connectivity index (χ3v) is 2.49. The third kappa shape index (κ3) is 2.76. The van der Waals surface area contributed by atoms with Gasteiger partial charge in [0.1, 0.15) is 0 Å². The van der Waals surface area contributed by atoms with Crippen molar-refractivity contribution in [1.82, 2.24) is 10.2 Å². The number of piperazine rings is 1. The fraction of sp³-hybridized carbons (Fsp3) is 1.00. The third-order valence-electron chi connectivity index (χ3n) is 2.49. The molecule has 0 aromatic heterocycles. The maximum atomic E-state index is 3.49. The molecule has 0 aromatic carbocycles. The minimum absolute atomic E-state index is 0.667. The van der Waals surface area contributed by atoms with E-state index in [4.69, 9.17) is 0 Å². The number of rotatable bonds is 2. The molecule has 0 spiro atoms. The van der Waals surface area contributed by atoms with Crippen LogP contribution in [0.1, 0.15) is 27.7 Å². The van der Waals surface area contributed by atoms with E-state index in [2.05, 4.69) is 37.9 Å². The molecular weight excluding hydrogens is 148 g/mol. The molecule has 2 heteroatoms. The summed E-state index contributed by atoms with van der Waals surface area (Å²) in [5.74, 6) is 0.790. The van der Waals surface area contributed by atoms with Crippen LogP contribution in [0.4, 0.5) is 0 Å². The SMILES string of the molecule is CC(C)CN1CC(C)NCC1C. The molecule has 1 heterocycles. The van der Waals surface area contributed by atoms with Crippen molar-refractivity contribution in [3.8, 4) is 0 Å². The lowest BCUT2D eigenvalue weighted by Gasteiger charge is -2.38. The molecule has 72 valence electrons. The first-order valence-electron chi connectivity index (χ1n) is 5.07. The summed E-state index contributed by atoms with van der Waals surface area (Å²) in [4.78, 5) is 2.59. The summed E-state index contributed by atoms with van der Waals surface area (Å²) < 4.78 is 0. The lowest BCUT2D eigenvalue weighted by molar-refractivity contribution is 0.131. The molecule has 2 nitrogen and oxygen atoms in total. The maximum absolute atomic E-state index is 3.49. The van der Waals surface area contributed by atoms with Crippen LogP contribution in [0.3, 0.4) is 0 Å². The van der Waals surface area contributed by atoms with Gasteiger partial charge in [0, 0.05) is 31.7 Å². The van der Waals surface area contributed by atoms with Gasteiger partial charge in [-0.2, -0.15) is 0 Å². The van der Waals surface area contributed by atoms with Crippen molar-refractivity contribution in [2.24, 2.45) is 5.92 Å². The number of hydrogen-bond donors (Lipinski definition) is 1. The van der Waals surface area contributed by atoms with Crippen LogP contribution in [0.15, 0.2) is 0 Å². The highest BCUT2D eigenvalue weighted by Crippen LogP contribution is 2.08. The van der Waals surface area contributed by atoms with Crippen molar-refractivity contribution in [2.45, 2.75) is 39.8 Å². The molecule has 0 amide bonds. The average molecular weight is 170 g/mol. The predicted molar refractivity (Wildman–Crippen MR) is 53.3 cm³/mol. The first-order valence-corrected chi connectivity index (χ1v) is 5.07. The molecule has 1 rings (SSSR count). The number of nitrogens with one attached hydrogen (secondary N) is 1. The van der Waals surface area contributed by atoms with E-state index < -0.39 is 0 Å². The number of hydrogen-bond acceptors (Lipinski definition) is 2. The molecule has 1 aliphatic heterocycles. The molecule has 0 radical (unpaired) electrons. The van der Waals surface area contributed by atoms with E-state index in [1.807, 2.05) is 0 Å². The molecule has 12 heavy (non-hydrogen) atoms. The number of nitrogens with zero attached hydrogens (tertiary/aromatic N) is 1. The second-order valence-electron chi connectivity index (χ2n) is 4.51. The van der Waals surface area contributed by atoms with Gasteiger partial charge in [-0.1, -0.05) is 13.8 Å². The molecule has 0 saturated carbocycles. The van der Waals surface area contributed by atoms with Gasteiger partial charge in [-0.15, -0.1) is 0 Å². The Morgan fingerprint density at radius 1 is 1.42 bits per heavy atom. The van der Waals surface area contributed by atoms with Crippen LogP contribution in [0.2, 0.25) is 0 Å². The van der Waals surface area contributed by atoms with Crippen LogP contribution in [-0.2, 0) is 0 Å². The average Bonchev–Trinajstić information content (AvgIpc) is 1.96. The van der Waals surface area contributed by atoms with Gasteiger partial charge in [0.15, 0.2) is 0 Å². The highest BCUT2D eigenvalue weighted by molar-refractivity contribution is 4.81. The van der Waals surface area contributed by atoms with Crippen molar-refractivity contribution in [2.75, 3.05) is 19.6 Å². The van der Waals surface area contributed by atoms with Crippen LogP contribution in [0.25, 0.3) is 0 Å². The van der Waals surface area contributed by atoms with Gasteiger partial charge < -0.3 is 5.32 Å². The summed E-state index contributed by atoms with van der Waals surface area (Å²) in [7, 11) is 0. The minimum Gasteiger partial charge on any atom is -0.311 e. The Morgan fingerprint density at radius 3 is 2.67 bits per heavy atom. The summed E-state index contributed by atoms with van der Waals surface area (Å²) in [5, 5.41) is 3.49. The highest BCUT2D eigenvalue weighted by atomic mass is 15.2. The van der Waals surface area contributed by atoms with Crippen LogP contribution in [0, 0.1) is 5.92 Å². The molecule has 1 saturated heterocycles. The van der Waals surface area contributed by atoms with Gasteiger partial charge in [-0.3, -0.25) is 4.90 Å². The molecule has 1 aliphatic rings. The van der Waals surface area contributed by atoms with Crippen molar-refractivity contribution in [3.63, 3.8) is 0 Å². The fourth-order valence-corrected chi connectivity index (χ4v) is 1.82. The van der Waals surface area contributed by atoms with Gasteiger partial charge in [0.05, 0.1) is 0 Å². The van der Waals surface area contributed by atoms with Gasteiger partial charge in [0.2, 0.25) is 0 Å². The summed E-state index contributed by atoms with van der Waals surface area (Å²) in [6, 6.07) is 1.38. The largest absolute Gasteiger partial charge is 0.311 e. The molecular formula is C10H22N2. The maximum Gasteiger partial charge on any atom is 0.0193 e. The molecule has 0 bridgehead atoms. The highest BCUT2D eigenvalue weighted by Gasteiger charge is 2.22. The summed E-state index contributed by atoms with van der Waals surface area (Å²) in [6.07, 6.45) is 0. The Bertz CT molecular complexity index is 132. The Hall–Kier alpha value is -0.0800. The zero-order valence-electron chi connectivity index (χ0n) is 8.80. The second kappa shape index (κ2) is 4.24. The van der Waals surface area contributed by atoms with Crippen molar-refractivity contribution in [3.05, 3.63) is 0 Å². The smallest absolute Gasteiger partial charge is 0.0193 e. The Morgan fingerprint density at radius 2 is 2.08 bits per heavy atom. The Labute approximate surface area is 76.3 Å². The van der Waals surface area contributed by atoms with Gasteiger partial charge >= 0.3 is 0 Å². The Kier molecular flexibility index (Phi) is 3.53. The van der Waals surface area contributed by atoms with Crippen LogP contribution in [-0.4, -0.2) is 36.6 Å². The predicted octanol–water partition coefficient (Wildman–Crippen LogP) is 1.32. The van der Waals surface area contributed by atoms with Gasteiger partial charge in [0.25, 0.3) is 0 Å². The molecule has 2 atom stereocenters. The van der Waals surface area contributed by atoms with Crippen molar-refractivity contribution >= 4 is 0 Å². The van der Waals surface area contributed by atoms with E-state index in [0.717, 1.165) is 12.5 Å². The van der Waals surface area contributed by atoms with E-state index in [-0.39, 0.29) is 0 Å². The fourth-order valence-electron chi connectivity index (χ4n) is 1.82. The van der Waals surface area contributed by atoms with E-state index in [0.29, 0.717) is 12.1 Å². The molecule has 0 aliphatic carbocycles. The zero-order valence-corrected chi connectivity index (χ0v) is 8.80. The topological polar surface area (TPSA) is 15.3 Å². The quantitative estimate of drug-likeness (QED) is 0.672. The summed E-state index contributed by atoms with van der Waals surface area (Å²) in [6.45, 7) is 12.7. The molecule has 0 aromatic rings. The normalized spacial score (nSPS) is 32.8. The molecule has 2 unspecified atom stereocenters. The van der Waals surface area contributed by atoms with E-state index >= 15 is 0 Å². The lowest BCUT2D eigenvalue weighted by atomic mass is 10.1. The van der Waals surface area contributed by atoms with Crippen LogP contribution < -0.4 is 5.32 Å². The minimum atomic E-state index is 0.667. The molecule has 1 fully saturated rings. The van der Waals surface area contributed by atoms with E-state index in [1.165, 1.54) is 13.1 Å². The van der Waals surface area contributed by atoms with Gasteiger partial charge in [-0.05, 0) is 19.8 Å².